The van der Waals surface area contributed by atoms with Gasteiger partial charge >= 0.3 is 0 Å². The summed E-state index contributed by atoms with van der Waals surface area (Å²) in [4.78, 5) is 0. The zero-order valence-corrected chi connectivity index (χ0v) is 11.6. The SMILES string of the molecule is Oc1cc2c(c3ccccc13)OC1CCCCCCC21. The van der Waals surface area contributed by atoms with Gasteiger partial charge in [0.1, 0.15) is 17.6 Å². The highest BCUT2D eigenvalue weighted by molar-refractivity contribution is 5.95. The molecule has 0 radical (unpaired) electrons. The van der Waals surface area contributed by atoms with Crippen LogP contribution in [0.15, 0.2) is 30.3 Å². The van der Waals surface area contributed by atoms with E-state index in [4.69, 9.17) is 4.74 Å². The van der Waals surface area contributed by atoms with Crippen LogP contribution < -0.4 is 4.74 Å². The predicted octanol–water partition coefficient (Wildman–Crippen LogP) is 4.74. The van der Waals surface area contributed by atoms with Crippen molar-refractivity contribution in [1.29, 1.82) is 0 Å². The van der Waals surface area contributed by atoms with E-state index < -0.39 is 0 Å². The lowest BCUT2D eigenvalue weighted by Crippen LogP contribution is -2.20. The second-order valence-corrected chi connectivity index (χ2v) is 6.11. The van der Waals surface area contributed by atoms with Crippen LogP contribution in [0.1, 0.15) is 50.0 Å². The second-order valence-electron chi connectivity index (χ2n) is 6.11. The number of phenolic OH excluding ortho intramolecular Hbond substituents is 1. The van der Waals surface area contributed by atoms with Crippen molar-refractivity contribution >= 4 is 10.8 Å². The summed E-state index contributed by atoms with van der Waals surface area (Å²) in [6.07, 6.45) is 7.85. The Bertz CT molecular complexity index is 647. The molecule has 0 amide bonds. The van der Waals surface area contributed by atoms with Gasteiger partial charge in [0, 0.05) is 22.3 Å². The third-order valence-corrected chi connectivity index (χ3v) is 4.87. The van der Waals surface area contributed by atoms with Crippen LogP contribution >= 0.6 is 0 Å². The molecular formula is C18H20O2. The van der Waals surface area contributed by atoms with E-state index in [1.165, 1.54) is 37.7 Å². The Balaban J connectivity index is 1.86. The van der Waals surface area contributed by atoms with Crippen LogP contribution in [0.5, 0.6) is 11.5 Å². The van der Waals surface area contributed by atoms with E-state index in [-0.39, 0.29) is 0 Å². The number of ether oxygens (including phenoxy) is 1. The minimum absolute atomic E-state index is 0.315. The van der Waals surface area contributed by atoms with Gasteiger partial charge in [-0.25, -0.2) is 0 Å². The summed E-state index contributed by atoms with van der Waals surface area (Å²) in [6.45, 7) is 0. The molecule has 4 rings (SSSR count). The maximum absolute atomic E-state index is 10.3. The average Bonchev–Trinajstić information content (AvgIpc) is 2.76. The van der Waals surface area contributed by atoms with Gasteiger partial charge in [0.25, 0.3) is 0 Å². The number of rotatable bonds is 0. The van der Waals surface area contributed by atoms with Gasteiger partial charge in [-0.15, -0.1) is 0 Å². The lowest BCUT2D eigenvalue weighted by atomic mass is 9.84. The summed E-state index contributed by atoms with van der Waals surface area (Å²) < 4.78 is 6.30. The van der Waals surface area contributed by atoms with E-state index in [2.05, 4.69) is 6.07 Å². The number of fused-ring (bicyclic) bond motifs is 5. The maximum atomic E-state index is 10.3. The topological polar surface area (TPSA) is 29.5 Å². The first-order chi connectivity index (χ1) is 9.84. The molecule has 0 aromatic heterocycles. The lowest BCUT2D eigenvalue weighted by molar-refractivity contribution is 0.178. The molecule has 2 aliphatic rings. The molecule has 0 bridgehead atoms. The van der Waals surface area contributed by atoms with Gasteiger partial charge in [-0.3, -0.25) is 0 Å². The van der Waals surface area contributed by atoms with E-state index in [1.807, 2.05) is 24.3 Å². The molecule has 2 nitrogen and oxygen atoms in total. The Labute approximate surface area is 119 Å². The number of aromatic hydroxyl groups is 1. The van der Waals surface area contributed by atoms with Gasteiger partial charge < -0.3 is 9.84 Å². The van der Waals surface area contributed by atoms with Crippen molar-refractivity contribution in [3.05, 3.63) is 35.9 Å². The molecule has 1 fully saturated rings. The van der Waals surface area contributed by atoms with Crippen molar-refractivity contribution in [3.8, 4) is 11.5 Å². The fourth-order valence-electron chi connectivity index (χ4n) is 3.86. The summed E-state index contributed by atoms with van der Waals surface area (Å²) in [6, 6.07) is 9.96. The van der Waals surface area contributed by atoms with Crippen LogP contribution in [-0.2, 0) is 0 Å². The minimum atomic E-state index is 0.315. The zero-order chi connectivity index (χ0) is 13.5. The lowest BCUT2D eigenvalue weighted by Gasteiger charge is -2.21. The molecule has 2 aromatic rings. The van der Waals surface area contributed by atoms with Gasteiger partial charge in [-0.2, -0.15) is 0 Å². The summed E-state index contributed by atoms with van der Waals surface area (Å²) >= 11 is 0. The first-order valence-electron chi connectivity index (χ1n) is 7.76. The molecule has 2 unspecified atom stereocenters. The molecule has 1 N–H and O–H groups in total. The smallest absolute Gasteiger partial charge is 0.131 e. The van der Waals surface area contributed by atoms with Crippen LogP contribution in [-0.4, -0.2) is 11.2 Å². The number of benzene rings is 2. The zero-order valence-electron chi connectivity index (χ0n) is 11.6. The van der Waals surface area contributed by atoms with Crippen LogP contribution in [0.4, 0.5) is 0 Å². The van der Waals surface area contributed by atoms with Crippen molar-refractivity contribution in [2.75, 3.05) is 0 Å². The Hall–Kier alpha value is -1.70. The number of hydrogen-bond acceptors (Lipinski definition) is 2. The highest BCUT2D eigenvalue weighted by Crippen LogP contribution is 2.49. The molecule has 1 aliphatic heterocycles. The quantitative estimate of drug-likeness (QED) is 0.747. The molecule has 0 spiro atoms. The molecule has 2 aromatic carbocycles. The van der Waals surface area contributed by atoms with E-state index in [0.717, 1.165) is 22.9 Å². The summed E-state index contributed by atoms with van der Waals surface area (Å²) in [5, 5.41) is 12.3. The Morgan fingerprint density at radius 2 is 1.70 bits per heavy atom. The molecule has 2 heteroatoms. The maximum Gasteiger partial charge on any atom is 0.131 e. The van der Waals surface area contributed by atoms with Crippen LogP contribution in [0.3, 0.4) is 0 Å². The molecule has 20 heavy (non-hydrogen) atoms. The highest BCUT2D eigenvalue weighted by atomic mass is 16.5. The average molecular weight is 268 g/mol. The Kier molecular flexibility index (Phi) is 2.83. The predicted molar refractivity (Wildman–Crippen MR) is 80.5 cm³/mol. The fourth-order valence-corrected chi connectivity index (χ4v) is 3.86. The van der Waals surface area contributed by atoms with Crippen molar-refractivity contribution in [1.82, 2.24) is 0 Å². The van der Waals surface area contributed by atoms with Crippen molar-refractivity contribution in [2.24, 2.45) is 0 Å². The Morgan fingerprint density at radius 1 is 0.950 bits per heavy atom. The molecule has 1 aliphatic carbocycles. The van der Waals surface area contributed by atoms with Gasteiger partial charge in [0.05, 0.1) is 0 Å². The highest BCUT2D eigenvalue weighted by Gasteiger charge is 2.36. The molecule has 1 heterocycles. The van der Waals surface area contributed by atoms with Crippen LogP contribution in [0.2, 0.25) is 0 Å². The summed E-state index contributed by atoms with van der Waals surface area (Å²) in [5.41, 5.74) is 1.23. The van der Waals surface area contributed by atoms with E-state index in [9.17, 15) is 5.11 Å². The molecule has 0 saturated heterocycles. The standard InChI is InChI=1S/C18H20O2/c19-16-11-15-13-8-3-1-2-4-10-17(13)20-18(15)14-9-6-5-7-12(14)16/h5-7,9,11,13,17,19H,1-4,8,10H2. The first-order valence-corrected chi connectivity index (χ1v) is 7.76. The number of hydrogen-bond donors (Lipinski definition) is 1. The third-order valence-electron chi connectivity index (χ3n) is 4.87. The number of phenols is 1. The van der Waals surface area contributed by atoms with E-state index in [1.54, 1.807) is 0 Å². The summed E-state index contributed by atoms with van der Waals surface area (Å²) in [7, 11) is 0. The van der Waals surface area contributed by atoms with Gasteiger partial charge in [-0.1, -0.05) is 43.5 Å². The first kappa shape index (κ1) is 12.1. The second kappa shape index (κ2) is 4.69. The van der Waals surface area contributed by atoms with Gasteiger partial charge in [0.15, 0.2) is 0 Å². The largest absolute Gasteiger partial charge is 0.507 e. The van der Waals surface area contributed by atoms with Crippen molar-refractivity contribution < 1.29 is 9.84 Å². The van der Waals surface area contributed by atoms with Gasteiger partial charge in [-0.05, 0) is 25.3 Å². The van der Waals surface area contributed by atoms with Crippen LogP contribution in [0, 0.1) is 0 Å². The Morgan fingerprint density at radius 3 is 2.55 bits per heavy atom. The van der Waals surface area contributed by atoms with Crippen LogP contribution in [0.25, 0.3) is 10.8 Å². The molecule has 1 saturated carbocycles. The van der Waals surface area contributed by atoms with Gasteiger partial charge in [0.2, 0.25) is 0 Å². The minimum Gasteiger partial charge on any atom is -0.507 e. The molecular weight excluding hydrogens is 248 g/mol. The van der Waals surface area contributed by atoms with E-state index >= 15 is 0 Å². The third kappa shape index (κ3) is 1.78. The fraction of sp³-hybridized carbons (Fsp3) is 0.444. The van der Waals surface area contributed by atoms with E-state index in [0.29, 0.717) is 17.8 Å². The normalized spacial score (nSPS) is 25.4. The van der Waals surface area contributed by atoms with Crippen molar-refractivity contribution in [2.45, 2.75) is 50.5 Å². The molecule has 2 atom stereocenters. The molecule has 104 valence electrons. The van der Waals surface area contributed by atoms with Crippen molar-refractivity contribution in [3.63, 3.8) is 0 Å². The summed E-state index contributed by atoms with van der Waals surface area (Å²) in [5.74, 6) is 1.89. The monoisotopic (exact) mass is 268 g/mol.